The van der Waals surface area contributed by atoms with Crippen molar-refractivity contribution in [3.8, 4) is 11.5 Å². The summed E-state index contributed by atoms with van der Waals surface area (Å²) in [5, 5.41) is 2.17. The van der Waals surface area contributed by atoms with E-state index in [0.717, 1.165) is 34.7 Å². The van der Waals surface area contributed by atoms with E-state index in [1.54, 1.807) is 34.1 Å². The number of rotatable bonds is 2. The molecule has 0 spiro atoms. The molecule has 1 heterocycles. The second-order valence-electron chi connectivity index (χ2n) is 17.9. The van der Waals surface area contributed by atoms with Crippen molar-refractivity contribution in [2.24, 2.45) is 7.05 Å². The van der Waals surface area contributed by atoms with E-state index in [4.69, 9.17) is 21.1 Å². The summed E-state index contributed by atoms with van der Waals surface area (Å²) in [4.78, 5) is 0. The van der Waals surface area contributed by atoms with E-state index < -0.39 is 23.4 Å². The zero-order valence-corrected chi connectivity index (χ0v) is 46.2. The number of hydrogen-bond acceptors (Lipinski definition) is 2. The number of nitrogens with zero attached hydrogens (tertiary/aromatic N) is 1. The highest BCUT2D eigenvalue weighted by atomic mass is 35.5. The van der Waals surface area contributed by atoms with Crippen molar-refractivity contribution >= 4 is 22.5 Å². The number of para-hydroxylation sites is 2. The Balaban J connectivity index is 0.000000290. The monoisotopic (exact) mass is 1030 g/mol. The molecular weight excluding hydrogens is 957 g/mol. The number of benzene rings is 8. The van der Waals surface area contributed by atoms with E-state index in [9.17, 15) is 22.0 Å². The maximum absolute atomic E-state index is 12.2. The minimum Gasteiger partial charge on any atom is -0.497 e. The highest BCUT2D eigenvalue weighted by molar-refractivity contribution is 6.30. The van der Waals surface area contributed by atoms with Gasteiger partial charge < -0.3 is 14.0 Å². The van der Waals surface area contributed by atoms with Crippen LogP contribution in [0.5, 0.6) is 11.5 Å². The summed E-state index contributed by atoms with van der Waals surface area (Å²) in [6.45, 7) is 22.1. The summed E-state index contributed by atoms with van der Waals surface area (Å²) in [5.41, 5.74) is 13.7. The van der Waals surface area contributed by atoms with E-state index in [1.165, 1.54) is 79.2 Å². The molecule has 9 rings (SSSR count). The minimum atomic E-state index is -4.22. The molecule has 0 unspecified atom stereocenters. The summed E-state index contributed by atoms with van der Waals surface area (Å²) >= 11 is 5.64. The molecule has 9 aromatic rings. The van der Waals surface area contributed by atoms with Crippen LogP contribution in [0.2, 0.25) is 5.02 Å². The molecule has 1 aromatic heterocycles. The molecule has 0 radical (unpaired) electrons. The van der Waals surface area contributed by atoms with Gasteiger partial charge in [-0.3, -0.25) is 0 Å². The third-order valence-electron chi connectivity index (χ3n) is 10.5. The molecule has 0 aliphatic rings. The van der Waals surface area contributed by atoms with Crippen molar-refractivity contribution in [3.63, 3.8) is 0 Å². The molecular formula is C65H73ClF5NO2. The lowest BCUT2D eigenvalue weighted by Crippen LogP contribution is -2.04. The van der Waals surface area contributed by atoms with Gasteiger partial charge >= 0.3 is 6.18 Å². The average molecular weight is 1030 g/mol. The van der Waals surface area contributed by atoms with Gasteiger partial charge in [-0.05, 0) is 153 Å². The van der Waals surface area contributed by atoms with E-state index in [1.807, 2.05) is 86.6 Å². The summed E-state index contributed by atoms with van der Waals surface area (Å²) in [7, 11) is 5.43. The molecule has 3 nitrogen and oxygen atoms in total. The fraction of sp³-hybridized carbons (Fsp3) is 0.231. The van der Waals surface area contributed by atoms with E-state index >= 15 is 0 Å². The SMILES string of the molecule is COc1ccc(C)cc1.COc1ccccc1C.Cc1cc(C)cc(C)c1.Cc1cc(F)cc(F)c1.Cc1cccc(C(F)(F)F)c1.Cc1cccc(C)c1.Cc1cccc(Cl)c1.Cc1cn(C)c2ccccc12. The summed E-state index contributed by atoms with van der Waals surface area (Å²) in [6, 6.07) is 55.8. The van der Waals surface area contributed by atoms with Gasteiger partial charge in [0.1, 0.15) is 23.1 Å². The smallest absolute Gasteiger partial charge is 0.416 e. The van der Waals surface area contributed by atoms with Crippen LogP contribution in [-0.4, -0.2) is 18.8 Å². The van der Waals surface area contributed by atoms with Gasteiger partial charge in [0.15, 0.2) is 0 Å². The molecule has 8 aromatic carbocycles. The first-order valence-corrected chi connectivity index (χ1v) is 24.4. The third-order valence-corrected chi connectivity index (χ3v) is 10.8. The number of methoxy groups -OCH3 is 2. The van der Waals surface area contributed by atoms with Crippen LogP contribution < -0.4 is 9.47 Å². The Labute approximate surface area is 443 Å². The van der Waals surface area contributed by atoms with Crippen LogP contribution in [-0.2, 0) is 13.2 Å². The first-order chi connectivity index (χ1) is 34.9. The zero-order chi connectivity index (χ0) is 55.4. The Bertz CT molecular complexity index is 2770. The van der Waals surface area contributed by atoms with Gasteiger partial charge in [0.05, 0.1) is 19.8 Å². The van der Waals surface area contributed by atoms with Crippen molar-refractivity contribution in [1.29, 1.82) is 0 Å². The van der Waals surface area contributed by atoms with Crippen LogP contribution in [0, 0.1) is 87.8 Å². The van der Waals surface area contributed by atoms with Gasteiger partial charge in [0.2, 0.25) is 0 Å². The van der Waals surface area contributed by atoms with Crippen LogP contribution >= 0.6 is 11.6 Å². The lowest BCUT2D eigenvalue weighted by atomic mass is 10.1. The van der Waals surface area contributed by atoms with Crippen LogP contribution in [0.1, 0.15) is 66.8 Å². The Morgan fingerprint density at radius 2 is 0.851 bits per heavy atom. The lowest BCUT2D eigenvalue weighted by Gasteiger charge is -2.05. The highest BCUT2D eigenvalue weighted by Gasteiger charge is 2.29. The van der Waals surface area contributed by atoms with Gasteiger partial charge in [0, 0.05) is 35.2 Å². The van der Waals surface area contributed by atoms with Gasteiger partial charge in [-0.15, -0.1) is 0 Å². The zero-order valence-electron chi connectivity index (χ0n) is 45.4. The predicted octanol–water partition coefficient (Wildman–Crippen LogP) is 19.3. The lowest BCUT2D eigenvalue weighted by molar-refractivity contribution is -0.137. The number of alkyl halides is 3. The Hall–Kier alpha value is -7.16. The predicted molar refractivity (Wildman–Crippen MR) is 303 cm³/mol. The van der Waals surface area contributed by atoms with E-state index in [-0.39, 0.29) is 0 Å². The molecule has 392 valence electrons. The molecule has 0 N–H and O–H groups in total. The molecule has 0 aliphatic heterocycles. The molecule has 9 heteroatoms. The summed E-state index contributed by atoms with van der Waals surface area (Å²) in [5.74, 6) is 0.832. The highest BCUT2D eigenvalue weighted by Crippen LogP contribution is 2.29. The van der Waals surface area contributed by atoms with Crippen molar-refractivity contribution in [1.82, 2.24) is 4.57 Å². The van der Waals surface area contributed by atoms with Gasteiger partial charge in [-0.1, -0.05) is 172 Å². The van der Waals surface area contributed by atoms with Crippen LogP contribution in [0.3, 0.4) is 0 Å². The van der Waals surface area contributed by atoms with E-state index in [2.05, 4.69) is 133 Å². The molecule has 0 saturated carbocycles. The number of fused-ring (bicyclic) bond motifs is 1. The normalized spacial score (nSPS) is 9.89. The Morgan fingerprint density at radius 1 is 0.405 bits per heavy atom. The second-order valence-corrected chi connectivity index (χ2v) is 18.3. The second kappa shape index (κ2) is 32.8. The molecule has 0 aliphatic carbocycles. The fourth-order valence-corrected chi connectivity index (χ4v) is 7.38. The molecule has 0 bridgehead atoms. The summed E-state index contributed by atoms with van der Waals surface area (Å²) in [6.07, 6.45) is -2.06. The van der Waals surface area contributed by atoms with Crippen LogP contribution in [0.4, 0.5) is 22.0 Å². The fourth-order valence-electron chi connectivity index (χ4n) is 7.13. The first kappa shape index (κ1) is 63.0. The Morgan fingerprint density at radius 3 is 1.23 bits per heavy atom. The van der Waals surface area contributed by atoms with Crippen LogP contribution in [0.15, 0.2) is 188 Å². The van der Waals surface area contributed by atoms with Gasteiger partial charge in [0.25, 0.3) is 0 Å². The summed E-state index contributed by atoms with van der Waals surface area (Å²) < 4.78 is 72.5. The number of aryl methyl sites for hydroxylation is 12. The minimum absolute atomic E-state index is 0.521. The topological polar surface area (TPSA) is 23.4 Å². The third kappa shape index (κ3) is 26.0. The maximum atomic E-state index is 12.2. The first-order valence-electron chi connectivity index (χ1n) is 24.0. The van der Waals surface area contributed by atoms with Crippen molar-refractivity contribution < 1.29 is 31.4 Å². The van der Waals surface area contributed by atoms with Crippen molar-refractivity contribution in [2.75, 3.05) is 14.2 Å². The van der Waals surface area contributed by atoms with Crippen molar-refractivity contribution in [3.05, 3.63) is 272 Å². The largest absolute Gasteiger partial charge is 0.497 e. The van der Waals surface area contributed by atoms with Crippen molar-refractivity contribution in [2.45, 2.75) is 82.3 Å². The standard InChI is InChI=1S/C10H11N.C9H12.C8H7F3.2C8H10O.C8H10.C7H7Cl.C7H6F2/c1-8-7-11(2)10-6-4-3-5-9(8)10;1-7-4-8(2)6-9(3)5-7;1-6-3-2-4-7(5-6)8(9,10)11;1-7-3-5-8(9-2)6-4-7;1-7-5-3-4-6-8(7)9-2;1-7-4-3-5-8(2)6-7;1-6-3-2-4-7(8)5-6;1-5-2-6(8)4-7(9)3-5/h3-7H,1-2H3;4-6H,1-3H3;2-5H,1H3;2*3-6H,1-2H3;3-6H,1-2H3;2-5H,1H3;2-4H,1H3. The molecule has 0 fully saturated rings. The quantitative estimate of drug-likeness (QED) is 0.161. The number of aromatic nitrogens is 1. The number of hydrogen-bond donors (Lipinski definition) is 0. The van der Waals surface area contributed by atoms with Gasteiger partial charge in [-0.2, -0.15) is 13.2 Å². The average Bonchev–Trinajstić information content (AvgIpc) is 3.61. The van der Waals surface area contributed by atoms with E-state index in [0.29, 0.717) is 11.1 Å². The van der Waals surface area contributed by atoms with Gasteiger partial charge in [-0.25, -0.2) is 8.78 Å². The Kier molecular flexibility index (Phi) is 27.9. The van der Waals surface area contributed by atoms with Crippen LogP contribution in [0.25, 0.3) is 10.9 Å². The molecule has 74 heavy (non-hydrogen) atoms. The molecule has 0 amide bonds. The maximum Gasteiger partial charge on any atom is 0.416 e. The number of ether oxygens (including phenoxy) is 2. The molecule has 0 atom stereocenters. The number of halogens is 6. The molecule has 0 saturated heterocycles.